The normalized spacial score (nSPS) is 10.8. The first-order valence-corrected chi connectivity index (χ1v) is 6.54. The van der Waals surface area contributed by atoms with Crippen LogP contribution in [0.4, 0.5) is 4.39 Å². The molecule has 0 spiro atoms. The minimum absolute atomic E-state index is 0.226. The number of rotatable bonds is 3. The Bertz CT molecular complexity index is 537. The zero-order valence-electron chi connectivity index (χ0n) is 9.74. The van der Waals surface area contributed by atoms with Crippen LogP contribution in [0, 0.1) is 12.7 Å². The topological polar surface area (TPSA) is 30.7 Å². The summed E-state index contributed by atoms with van der Waals surface area (Å²) in [4.78, 5) is 0. The second-order valence-electron chi connectivity index (χ2n) is 3.75. The van der Waals surface area contributed by atoms with E-state index in [1.54, 1.807) is 19.1 Å². The van der Waals surface area contributed by atoms with E-state index in [-0.39, 0.29) is 5.82 Å². The highest BCUT2D eigenvalue weighted by Crippen LogP contribution is 2.24. The number of hydrogen-bond acceptors (Lipinski definition) is 2. The Hall–Kier alpha value is -1.23. The zero-order valence-corrected chi connectivity index (χ0v) is 11.3. The van der Waals surface area contributed by atoms with Crippen LogP contribution in [0.2, 0.25) is 0 Å². The number of nitrogens with zero attached hydrogens (tertiary/aromatic N) is 3. The van der Waals surface area contributed by atoms with E-state index in [0.717, 1.165) is 12.4 Å². The van der Waals surface area contributed by atoms with Gasteiger partial charge in [0.2, 0.25) is 0 Å². The van der Waals surface area contributed by atoms with E-state index in [1.165, 1.54) is 0 Å². The number of hydrogen-bond donors (Lipinski definition) is 0. The molecule has 0 aliphatic rings. The molecule has 90 valence electrons. The molecule has 0 unspecified atom stereocenters. The monoisotopic (exact) mass is 297 g/mol. The Labute approximate surface area is 108 Å². The van der Waals surface area contributed by atoms with Crippen LogP contribution in [0.5, 0.6) is 0 Å². The molecule has 0 saturated carbocycles. The van der Waals surface area contributed by atoms with Gasteiger partial charge in [0.15, 0.2) is 5.82 Å². The summed E-state index contributed by atoms with van der Waals surface area (Å²) >= 11 is 3.35. The number of halogens is 2. The van der Waals surface area contributed by atoms with Crippen molar-refractivity contribution in [1.82, 2.24) is 14.8 Å². The van der Waals surface area contributed by atoms with Gasteiger partial charge in [-0.25, -0.2) is 4.39 Å². The maximum atomic E-state index is 14.0. The molecule has 1 aromatic heterocycles. The average Bonchev–Trinajstić information content (AvgIpc) is 2.75. The van der Waals surface area contributed by atoms with Crippen LogP contribution < -0.4 is 0 Å². The fourth-order valence-electron chi connectivity index (χ4n) is 1.79. The highest BCUT2D eigenvalue weighted by molar-refractivity contribution is 9.08. The van der Waals surface area contributed by atoms with Crippen molar-refractivity contribution in [3.8, 4) is 11.4 Å². The van der Waals surface area contributed by atoms with Gasteiger partial charge in [0.25, 0.3) is 0 Å². The van der Waals surface area contributed by atoms with Gasteiger partial charge >= 0.3 is 0 Å². The lowest BCUT2D eigenvalue weighted by Gasteiger charge is -2.08. The van der Waals surface area contributed by atoms with E-state index in [1.807, 2.05) is 17.6 Å². The standard InChI is InChI=1S/C12H13BrFN3/c1-3-17-10(7-13)15-16-12(17)9-6-4-5-8(2)11(9)14/h4-6H,3,7H2,1-2H3. The van der Waals surface area contributed by atoms with E-state index >= 15 is 0 Å². The molecule has 0 aliphatic heterocycles. The predicted octanol–water partition coefficient (Wildman–Crippen LogP) is 3.31. The molecule has 3 nitrogen and oxygen atoms in total. The van der Waals surface area contributed by atoms with Crippen molar-refractivity contribution in [1.29, 1.82) is 0 Å². The van der Waals surface area contributed by atoms with E-state index < -0.39 is 0 Å². The van der Waals surface area contributed by atoms with Crippen molar-refractivity contribution in [2.75, 3.05) is 0 Å². The number of aromatic nitrogens is 3. The Kier molecular flexibility index (Phi) is 3.57. The second-order valence-corrected chi connectivity index (χ2v) is 4.31. The summed E-state index contributed by atoms with van der Waals surface area (Å²) in [6.07, 6.45) is 0. The molecule has 0 aliphatic carbocycles. The molecule has 2 rings (SSSR count). The van der Waals surface area contributed by atoms with Gasteiger partial charge in [-0.05, 0) is 25.5 Å². The molecule has 1 aromatic carbocycles. The lowest BCUT2D eigenvalue weighted by Crippen LogP contribution is -2.03. The van der Waals surface area contributed by atoms with Gasteiger partial charge in [-0.1, -0.05) is 28.1 Å². The van der Waals surface area contributed by atoms with E-state index in [9.17, 15) is 4.39 Å². The molecule has 0 radical (unpaired) electrons. The Morgan fingerprint density at radius 1 is 1.35 bits per heavy atom. The average molecular weight is 298 g/mol. The lowest BCUT2D eigenvalue weighted by molar-refractivity contribution is 0.617. The molecule has 1 heterocycles. The van der Waals surface area contributed by atoms with Crippen molar-refractivity contribution < 1.29 is 4.39 Å². The highest BCUT2D eigenvalue weighted by atomic mass is 79.9. The van der Waals surface area contributed by atoms with Crippen LogP contribution in [0.3, 0.4) is 0 Å². The number of aryl methyl sites for hydroxylation is 1. The van der Waals surface area contributed by atoms with Crippen molar-refractivity contribution in [2.24, 2.45) is 0 Å². The first-order chi connectivity index (χ1) is 8.19. The van der Waals surface area contributed by atoms with Gasteiger partial charge in [0.1, 0.15) is 11.6 Å². The summed E-state index contributed by atoms with van der Waals surface area (Å²) in [6.45, 7) is 4.46. The molecular weight excluding hydrogens is 285 g/mol. The molecule has 5 heteroatoms. The first kappa shape index (κ1) is 12.2. The zero-order chi connectivity index (χ0) is 12.4. The predicted molar refractivity (Wildman–Crippen MR) is 68.5 cm³/mol. The van der Waals surface area contributed by atoms with Gasteiger partial charge < -0.3 is 4.57 Å². The molecule has 2 aromatic rings. The van der Waals surface area contributed by atoms with Crippen molar-refractivity contribution in [3.63, 3.8) is 0 Å². The smallest absolute Gasteiger partial charge is 0.166 e. The van der Waals surface area contributed by atoms with Crippen LogP contribution >= 0.6 is 15.9 Å². The Balaban J connectivity index is 2.60. The largest absolute Gasteiger partial charge is 0.310 e. The second kappa shape index (κ2) is 4.96. The first-order valence-electron chi connectivity index (χ1n) is 5.42. The van der Waals surface area contributed by atoms with Crippen LogP contribution in [-0.4, -0.2) is 14.8 Å². The third kappa shape index (κ3) is 2.11. The van der Waals surface area contributed by atoms with Gasteiger partial charge in [-0.2, -0.15) is 0 Å². The van der Waals surface area contributed by atoms with E-state index in [4.69, 9.17) is 0 Å². The van der Waals surface area contributed by atoms with E-state index in [0.29, 0.717) is 22.3 Å². The van der Waals surface area contributed by atoms with Gasteiger partial charge in [-0.15, -0.1) is 10.2 Å². The maximum absolute atomic E-state index is 14.0. The minimum Gasteiger partial charge on any atom is -0.310 e. The third-order valence-corrected chi connectivity index (χ3v) is 3.20. The number of benzene rings is 1. The molecule has 17 heavy (non-hydrogen) atoms. The molecular formula is C12H13BrFN3. The summed E-state index contributed by atoms with van der Waals surface area (Å²) in [5.41, 5.74) is 1.13. The SMILES string of the molecule is CCn1c(CBr)nnc1-c1cccc(C)c1F. The Morgan fingerprint density at radius 2 is 2.12 bits per heavy atom. The van der Waals surface area contributed by atoms with Crippen LogP contribution in [0.15, 0.2) is 18.2 Å². The lowest BCUT2D eigenvalue weighted by atomic mass is 10.1. The molecule has 0 N–H and O–H groups in total. The Morgan fingerprint density at radius 3 is 2.76 bits per heavy atom. The summed E-state index contributed by atoms with van der Waals surface area (Å²) < 4.78 is 15.9. The van der Waals surface area contributed by atoms with Gasteiger partial charge in [-0.3, -0.25) is 0 Å². The molecule has 0 amide bonds. The van der Waals surface area contributed by atoms with E-state index in [2.05, 4.69) is 26.1 Å². The summed E-state index contributed by atoms with van der Waals surface area (Å²) in [5.74, 6) is 1.17. The van der Waals surface area contributed by atoms with Gasteiger partial charge in [0, 0.05) is 6.54 Å². The van der Waals surface area contributed by atoms with Crippen molar-refractivity contribution in [3.05, 3.63) is 35.4 Å². The van der Waals surface area contributed by atoms with Crippen LogP contribution in [-0.2, 0) is 11.9 Å². The maximum Gasteiger partial charge on any atom is 0.166 e. The van der Waals surface area contributed by atoms with Crippen LogP contribution in [0.1, 0.15) is 18.3 Å². The van der Waals surface area contributed by atoms with Gasteiger partial charge in [0.05, 0.1) is 10.9 Å². The summed E-state index contributed by atoms with van der Waals surface area (Å²) in [6, 6.07) is 5.31. The molecule has 0 atom stereocenters. The fourth-order valence-corrected chi connectivity index (χ4v) is 2.20. The third-order valence-electron chi connectivity index (χ3n) is 2.70. The number of alkyl halides is 1. The molecule has 0 bridgehead atoms. The summed E-state index contributed by atoms with van der Waals surface area (Å²) in [5, 5.41) is 8.74. The molecule has 0 fully saturated rings. The quantitative estimate of drug-likeness (QED) is 0.814. The van der Waals surface area contributed by atoms with Crippen molar-refractivity contribution in [2.45, 2.75) is 25.7 Å². The highest BCUT2D eigenvalue weighted by Gasteiger charge is 2.15. The fraction of sp³-hybridized carbons (Fsp3) is 0.333. The summed E-state index contributed by atoms with van der Waals surface area (Å²) in [7, 11) is 0. The van der Waals surface area contributed by atoms with Crippen LogP contribution in [0.25, 0.3) is 11.4 Å². The minimum atomic E-state index is -0.226. The van der Waals surface area contributed by atoms with Crippen molar-refractivity contribution >= 4 is 15.9 Å². The molecule has 0 saturated heterocycles.